The van der Waals surface area contributed by atoms with Crippen LogP contribution in [0.2, 0.25) is 0 Å². The highest BCUT2D eigenvalue weighted by Crippen LogP contribution is 2.56. The molecule has 0 aromatic heterocycles. The number of carbonyl (C=O) groups is 1. The molecule has 124 valence electrons. The maximum absolute atomic E-state index is 13.9. The van der Waals surface area contributed by atoms with Crippen molar-refractivity contribution >= 4 is 18.2 Å². The molecule has 25 heavy (non-hydrogen) atoms. The van der Waals surface area contributed by atoms with Crippen LogP contribution >= 0.6 is 7.37 Å². The normalized spacial score (nSPS) is 18.0. The van der Waals surface area contributed by atoms with Crippen LogP contribution in [0.25, 0.3) is 11.1 Å². The van der Waals surface area contributed by atoms with Gasteiger partial charge >= 0.3 is 7.37 Å². The Kier molecular flexibility index (Phi) is 3.63. The largest absolute Gasteiger partial charge is 0.434 e. The van der Waals surface area contributed by atoms with Crippen LogP contribution in [-0.4, -0.2) is 5.52 Å². The van der Waals surface area contributed by atoms with Gasteiger partial charge < -0.3 is 4.52 Å². The van der Waals surface area contributed by atoms with E-state index in [9.17, 15) is 9.36 Å². The van der Waals surface area contributed by atoms with Gasteiger partial charge in [0.1, 0.15) is 5.75 Å². The minimum Gasteiger partial charge on any atom is -0.434 e. The zero-order valence-corrected chi connectivity index (χ0v) is 14.9. The average Bonchev–Trinajstić information content (AvgIpc) is 2.62. The summed E-state index contributed by atoms with van der Waals surface area (Å²) in [5, 5.41) is 0.473. The molecule has 1 heterocycles. The molecule has 3 nitrogen and oxygen atoms in total. The van der Waals surface area contributed by atoms with Crippen LogP contribution in [0.15, 0.2) is 66.7 Å². The van der Waals surface area contributed by atoms with Gasteiger partial charge in [-0.2, -0.15) is 0 Å². The molecular formula is C21H17O3P. The Morgan fingerprint density at radius 1 is 0.800 bits per heavy atom. The second-order valence-electron chi connectivity index (χ2n) is 6.23. The Morgan fingerprint density at radius 2 is 1.40 bits per heavy atom. The van der Waals surface area contributed by atoms with Crippen LogP contribution in [0.4, 0.5) is 0 Å². The third-order valence-electron chi connectivity index (χ3n) is 4.59. The highest BCUT2D eigenvalue weighted by atomic mass is 31.2. The van der Waals surface area contributed by atoms with Gasteiger partial charge in [-0.1, -0.05) is 54.6 Å². The monoisotopic (exact) mass is 348 g/mol. The number of para-hydroxylation sites is 1. The van der Waals surface area contributed by atoms with E-state index in [1.807, 2.05) is 62.4 Å². The fourth-order valence-electron chi connectivity index (χ4n) is 3.36. The molecule has 0 radical (unpaired) electrons. The summed E-state index contributed by atoms with van der Waals surface area (Å²) in [6.07, 6.45) is 0. The summed E-state index contributed by atoms with van der Waals surface area (Å²) in [5.41, 5.74) is 3.32. The Hall–Kier alpha value is -2.64. The molecule has 4 rings (SSSR count). The lowest BCUT2D eigenvalue weighted by molar-refractivity contribution is 0.106. The minimum atomic E-state index is -3.74. The van der Waals surface area contributed by atoms with Crippen molar-refractivity contribution in [3.8, 4) is 16.9 Å². The standard InChI is InChI=1S/C21H17O3P/c1-14-8-7-9-15(2)20(14)21(22)25(23)19-13-6-4-11-17(19)16-10-3-5-12-18(16)24-25/h3-13H,1-2H3. The molecule has 1 aliphatic heterocycles. The van der Waals surface area contributed by atoms with E-state index in [-0.39, 0.29) is 0 Å². The zero-order chi connectivity index (χ0) is 17.6. The Morgan fingerprint density at radius 3 is 2.12 bits per heavy atom. The first-order valence-corrected chi connectivity index (χ1v) is 9.74. The first-order chi connectivity index (χ1) is 12.0. The van der Waals surface area contributed by atoms with E-state index < -0.39 is 12.9 Å². The molecule has 1 aliphatic rings. The molecule has 0 saturated heterocycles. The predicted molar refractivity (Wildman–Crippen MR) is 100.0 cm³/mol. The first-order valence-electron chi connectivity index (χ1n) is 8.12. The van der Waals surface area contributed by atoms with Crippen LogP contribution in [0.1, 0.15) is 21.5 Å². The molecule has 1 atom stereocenters. The molecule has 0 N–H and O–H groups in total. The van der Waals surface area contributed by atoms with Crippen LogP contribution in [0.3, 0.4) is 0 Å². The number of rotatable bonds is 2. The zero-order valence-electron chi connectivity index (χ0n) is 14.0. The van der Waals surface area contributed by atoms with Crippen molar-refractivity contribution in [2.45, 2.75) is 13.8 Å². The predicted octanol–water partition coefficient (Wildman–Crippen LogP) is 5.11. The first kappa shape index (κ1) is 15.9. The van der Waals surface area contributed by atoms with Gasteiger partial charge in [0.15, 0.2) is 0 Å². The Balaban J connectivity index is 1.97. The maximum atomic E-state index is 13.9. The van der Waals surface area contributed by atoms with Gasteiger partial charge in [0.05, 0.1) is 5.30 Å². The second kappa shape index (κ2) is 5.72. The van der Waals surface area contributed by atoms with Crippen molar-refractivity contribution in [3.05, 3.63) is 83.4 Å². The molecule has 0 aliphatic carbocycles. The summed E-state index contributed by atoms with van der Waals surface area (Å²) in [5.74, 6) is 0.490. The molecule has 0 saturated carbocycles. The van der Waals surface area contributed by atoms with Crippen LogP contribution in [-0.2, 0) is 4.57 Å². The van der Waals surface area contributed by atoms with Gasteiger partial charge in [0.2, 0.25) is 0 Å². The summed E-state index contributed by atoms with van der Waals surface area (Å²) in [7, 11) is -3.74. The highest BCUT2D eigenvalue weighted by Gasteiger charge is 2.43. The molecule has 3 aromatic carbocycles. The number of aryl methyl sites for hydroxylation is 2. The van der Waals surface area contributed by atoms with Crippen molar-refractivity contribution in [2.75, 3.05) is 0 Å². The number of benzene rings is 3. The lowest BCUT2D eigenvalue weighted by atomic mass is 10.0. The summed E-state index contributed by atoms with van der Waals surface area (Å²) in [6.45, 7) is 3.71. The van der Waals surface area contributed by atoms with Crippen molar-refractivity contribution in [3.63, 3.8) is 0 Å². The fourth-order valence-corrected chi connectivity index (χ4v) is 5.64. The molecule has 0 fully saturated rings. The van der Waals surface area contributed by atoms with E-state index in [0.29, 0.717) is 16.6 Å². The van der Waals surface area contributed by atoms with Crippen LogP contribution in [0, 0.1) is 13.8 Å². The Labute approximate surface area is 146 Å². The molecule has 0 spiro atoms. The third kappa shape index (κ3) is 2.35. The number of carbonyl (C=O) groups excluding carboxylic acids is 1. The number of fused-ring (bicyclic) bond motifs is 3. The van der Waals surface area contributed by atoms with Gasteiger partial charge in [0.25, 0.3) is 5.52 Å². The molecule has 3 aromatic rings. The van der Waals surface area contributed by atoms with Crippen molar-refractivity contribution in [1.29, 1.82) is 0 Å². The van der Waals surface area contributed by atoms with Gasteiger partial charge in [-0.25, -0.2) is 0 Å². The highest BCUT2D eigenvalue weighted by molar-refractivity contribution is 7.84. The molecular weight excluding hydrogens is 331 g/mol. The maximum Gasteiger partial charge on any atom is 0.347 e. The summed E-state index contributed by atoms with van der Waals surface area (Å²) < 4.78 is 19.7. The smallest absolute Gasteiger partial charge is 0.347 e. The fraction of sp³-hybridized carbons (Fsp3) is 0.0952. The minimum absolute atomic E-state index is 0.440. The lowest BCUT2D eigenvalue weighted by Crippen LogP contribution is -2.24. The summed E-state index contributed by atoms with van der Waals surface area (Å²) in [4.78, 5) is 13.3. The molecule has 1 unspecified atom stereocenters. The third-order valence-corrected chi connectivity index (χ3v) is 6.82. The second-order valence-corrected chi connectivity index (χ2v) is 8.40. The van der Waals surface area contributed by atoms with Crippen molar-refractivity contribution < 1.29 is 13.9 Å². The van der Waals surface area contributed by atoms with E-state index in [1.54, 1.807) is 18.2 Å². The number of hydrogen-bond donors (Lipinski definition) is 0. The SMILES string of the molecule is Cc1cccc(C)c1C(=O)P1(=O)Oc2ccccc2-c2ccccc21. The van der Waals surface area contributed by atoms with Gasteiger partial charge in [-0.3, -0.25) is 9.36 Å². The van der Waals surface area contributed by atoms with Gasteiger partial charge in [0, 0.05) is 11.1 Å². The summed E-state index contributed by atoms with van der Waals surface area (Å²) in [6, 6.07) is 20.3. The quantitative estimate of drug-likeness (QED) is 0.605. The number of hydrogen-bond acceptors (Lipinski definition) is 3. The van der Waals surface area contributed by atoms with Crippen molar-refractivity contribution in [2.24, 2.45) is 0 Å². The van der Waals surface area contributed by atoms with E-state index in [1.165, 1.54) is 0 Å². The molecule has 0 bridgehead atoms. The summed E-state index contributed by atoms with van der Waals surface area (Å²) >= 11 is 0. The van der Waals surface area contributed by atoms with E-state index in [0.717, 1.165) is 22.3 Å². The lowest BCUT2D eigenvalue weighted by Gasteiger charge is -2.28. The molecule has 0 amide bonds. The van der Waals surface area contributed by atoms with E-state index >= 15 is 0 Å². The van der Waals surface area contributed by atoms with E-state index in [2.05, 4.69) is 0 Å². The van der Waals surface area contributed by atoms with Crippen LogP contribution in [0.5, 0.6) is 5.75 Å². The topological polar surface area (TPSA) is 43.4 Å². The molecule has 4 heteroatoms. The van der Waals surface area contributed by atoms with Crippen molar-refractivity contribution in [1.82, 2.24) is 0 Å². The van der Waals surface area contributed by atoms with Gasteiger partial charge in [-0.05, 0) is 42.7 Å². The average molecular weight is 348 g/mol. The van der Waals surface area contributed by atoms with Gasteiger partial charge in [-0.15, -0.1) is 0 Å². The Bertz CT molecular complexity index is 1030. The van der Waals surface area contributed by atoms with E-state index in [4.69, 9.17) is 4.52 Å². The van der Waals surface area contributed by atoms with Crippen LogP contribution < -0.4 is 9.83 Å².